The molecule has 0 bridgehead atoms. The lowest BCUT2D eigenvalue weighted by molar-refractivity contribution is 0.205. The number of nitriles is 1. The summed E-state index contributed by atoms with van der Waals surface area (Å²) in [7, 11) is 1.75. The van der Waals surface area contributed by atoms with Crippen molar-refractivity contribution in [2.45, 2.75) is 60.2 Å². The number of aromatic nitrogens is 4. The normalized spacial score (nSPS) is 16.0. The van der Waals surface area contributed by atoms with E-state index in [9.17, 15) is 10.1 Å². The monoisotopic (exact) mass is 514 g/mol. The lowest BCUT2D eigenvalue weighted by Gasteiger charge is -2.29. The van der Waals surface area contributed by atoms with Crippen LogP contribution in [0.2, 0.25) is 0 Å². The molecule has 198 valence electrons. The molecule has 1 atom stereocenters. The van der Waals surface area contributed by atoms with Gasteiger partial charge < -0.3 is 9.26 Å². The Hall–Kier alpha value is -3.90. The van der Waals surface area contributed by atoms with Gasteiger partial charge in [-0.25, -0.2) is 9.78 Å². The van der Waals surface area contributed by atoms with E-state index in [2.05, 4.69) is 43.8 Å². The van der Waals surface area contributed by atoms with Crippen LogP contribution in [0.1, 0.15) is 63.0 Å². The predicted octanol–water partition coefficient (Wildman–Crippen LogP) is 4.83. The maximum atomic E-state index is 13.0. The second-order valence-electron chi connectivity index (χ2n) is 11.4. The van der Waals surface area contributed by atoms with Crippen LogP contribution in [0.4, 0.5) is 0 Å². The van der Waals surface area contributed by atoms with Gasteiger partial charge in [0.2, 0.25) is 0 Å². The fourth-order valence-corrected chi connectivity index (χ4v) is 5.28. The van der Waals surface area contributed by atoms with Crippen LogP contribution >= 0.6 is 0 Å². The van der Waals surface area contributed by atoms with Crippen molar-refractivity contribution >= 4 is 11.2 Å². The zero-order chi connectivity index (χ0) is 27.2. The van der Waals surface area contributed by atoms with Crippen LogP contribution in [0.5, 0.6) is 5.88 Å². The Bertz CT molecular complexity index is 1600. The van der Waals surface area contributed by atoms with Crippen LogP contribution in [0.15, 0.2) is 39.6 Å². The molecule has 9 heteroatoms. The summed E-state index contributed by atoms with van der Waals surface area (Å²) >= 11 is 0. The number of imidazole rings is 1. The number of pyridine rings is 1. The molecule has 5 rings (SSSR count). The molecular weight excluding hydrogens is 480 g/mol. The van der Waals surface area contributed by atoms with E-state index in [0.29, 0.717) is 49.0 Å². The molecule has 4 aromatic rings. The first-order chi connectivity index (χ1) is 18.1. The molecule has 0 N–H and O–H groups in total. The minimum atomic E-state index is -0.0902. The first kappa shape index (κ1) is 25.7. The third kappa shape index (κ3) is 4.72. The average molecular weight is 515 g/mol. The summed E-state index contributed by atoms with van der Waals surface area (Å²) in [6, 6.07) is 12.0. The van der Waals surface area contributed by atoms with Gasteiger partial charge in [0.1, 0.15) is 5.76 Å². The van der Waals surface area contributed by atoms with E-state index >= 15 is 0 Å². The Balaban J connectivity index is 1.48. The van der Waals surface area contributed by atoms with Crippen LogP contribution in [0.3, 0.4) is 0 Å². The summed E-state index contributed by atoms with van der Waals surface area (Å²) < 4.78 is 14.6. The molecule has 1 aliphatic rings. The molecular formula is C29H34N6O3. The molecule has 4 heterocycles. The van der Waals surface area contributed by atoms with E-state index in [0.717, 1.165) is 34.5 Å². The third-order valence-electron chi connectivity index (χ3n) is 6.92. The number of benzene rings is 1. The first-order valence-corrected chi connectivity index (χ1v) is 13.0. The lowest BCUT2D eigenvalue weighted by atomic mass is 9.96. The number of ether oxygens (including phenoxy) is 1. The molecule has 0 amide bonds. The molecule has 0 saturated heterocycles. The summed E-state index contributed by atoms with van der Waals surface area (Å²) in [5.41, 5.74) is 5.32. The fraction of sp³-hybridized carbons (Fsp3) is 0.448. The molecule has 0 fully saturated rings. The lowest BCUT2D eigenvalue weighted by Crippen LogP contribution is -2.31. The van der Waals surface area contributed by atoms with E-state index in [4.69, 9.17) is 14.2 Å². The number of fused-ring (bicyclic) bond motifs is 2. The Labute approximate surface area is 222 Å². The van der Waals surface area contributed by atoms with Gasteiger partial charge in [0.25, 0.3) is 5.88 Å². The van der Waals surface area contributed by atoms with Crippen molar-refractivity contribution < 1.29 is 9.26 Å². The van der Waals surface area contributed by atoms with Crippen molar-refractivity contribution in [1.82, 2.24) is 24.2 Å². The van der Waals surface area contributed by atoms with Crippen molar-refractivity contribution in [3.8, 4) is 23.2 Å². The van der Waals surface area contributed by atoms with Crippen molar-refractivity contribution in [2.75, 3.05) is 13.2 Å². The van der Waals surface area contributed by atoms with E-state index in [1.54, 1.807) is 16.2 Å². The highest BCUT2D eigenvalue weighted by Gasteiger charge is 2.30. The highest BCUT2D eigenvalue weighted by molar-refractivity contribution is 5.78. The second-order valence-corrected chi connectivity index (χ2v) is 11.4. The molecule has 9 nitrogen and oxygen atoms in total. The summed E-state index contributed by atoms with van der Waals surface area (Å²) in [5.74, 6) is 1.66. The zero-order valence-corrected chi connectivity index (χ0v) is 22.9. The molecule has 0 spiro atoms. The van der Waals surface area contributed by atoms with E-state index in [1.807, 2.05) is 37.3 Å². The van der Waals surface area contributed by atoms with Gasteiger partial charge in [0, 0.05) is 44.7 Å². The van der Waals surface area contributed by atoms with E-state index in [-0.39, 0.29) is 17.0 Å². The molecule has 1 aromatic carbocycles. The minimum Gasteiger partial charge on any atom is -0.476 e. The van der Waals surface area contributed by atoms with Gasteiger partial charge >= 0.3 is 5.69 Å². The molecule has 1 unspecified atom stereocenters. The number of nitrogens with zero attached hydrogens (tertiary/aromatic N) is 6. The molecule has 38 heavy (non-hydrogen) atoms. The maximum absolute atomic E-state index is 13.0. The van der Waals surface area contributed by atoms with Crippen LogP contribution in [0.25, 0.3) is 22.4 Å². The Morgan fingerprint density at radius 1 is 1.24 bits per heavy atom. The summed E-state index contributed by atoms with van der Waals surface area (Å²) in [5, 5.41) is 14.0. The van der Waals surface area contributed by atoms with Crippen LogP contribution < -0.4 is 10.4 Å². The topological polar surface area (TPSA) is 102 Å². The number of hydrogen-bond donors (Lipinski definition) is 0. The van der Waals surface area contributed by atoms with Gasteiger partial charge in [-0.3, -0.25) is 14.0 Å². The predicted molar refractivity (Wildman–Crippen MR) is 145 cm³/mol. The van der Waals surface area contributed by atoms with E-state index < -0.39 is 0 Å². The van der Waals surface area contributed by atoms with Gasteiger partial charge in [-0.1, -0.05) is 33.8 Å². The molecule has 0 saturated carbocycles. The Morgan fingerprint density at radius 3 is 2.74 bits per heavy atom. The molecule has 0 radical (unpaired) electrons. The Morgan fingerprint density at radius 2 is 2.03 bits per heavy atom. The first-order valence-electron chi connectivity index (χ1n) is 13.0. The van der Waals surface area contributed by atoms with Crippen molar-refractivity contribution in [2.24, 2.45) is 12.5 Å². The zero-order valence-electron chi connectivity index (χ0n) is 22.9. The van der Waals surface area contributed by atoms with Crippen molar-refractivity contribution in [1.29, 1.82) is 5.26 Å². The SMILES string of the molecule is CCOc1noc2c1CN(Cc1ccc(C#N)c(-c3ccc4c(n3)n(C)c(=O)n4CC(C)(C)C)c1)CC2C. The maximum Gasteiger partial charge on any atom is 0.330 e. The fourth-order valence-electron chi connectivity index (χ4n) is 5.28. The van der Waals surface area contributed by atoms with Gasteiger partial charge in [0.15, 0.2) is 5.65 Å². The van der Waals surface area contributed by atoms with Crippen molar-refractivity contribution in [3.05, 3.63) is 63.3 Å². The van der Waals surface area contributed by atoms with E-state index in [1.165, 1.54) is 0 Å². The summed E-state index contributed by atoms with van der Waals surface area (Å²) in [4.78, 5) is 20.2. The van der Waals surface area contributed by atoms with Crippen molar-refractivity contribution in [3.63, 3.8) is 0 Å². The standard InChI is InChI=1S/C29H34N6O3/c1-7-37-27-22-16-34(14-18(2)25(22)38-32-27)15-19-8-9-20(13-30)21(12-19)23-10-11-24-26(31-23)33(6)28(36)35(24)17-29(3,4)5/h8-12,18H,7,14-17H2,1-6H3. The van der Waals surface area contributed by atoms with Crippen LogP contribution in [0, 0.1) is 16.7 Å². The highest BCUT2D eigenvalue weighted by Crippen LogP contribution is 2.35. The van der Waals surface area contributed by atoms with Gasteiger partial charge in [0.05, 0.1) is 35.0 Å². The minimum absolute atomic E-state index is 0.0538. The van der Waals surface area contributed by atoms with Gasteiger partial charge in [-0.15, -0.1) is 0 Å². The number of hydrogen-bond acceptors (Lipinski definition) is 7. The highest BCUT2D eigenvalue weighted by atomic mass is 16.5. The van der Waals surface area contributed by atoms with Crippen LogP contribution in [-0.2, 0) is 26.7 Å². The Kier molecular flexibility index (Phi) is 6.61. The average Bonchev–Trinajstić information content (AvgIpc) is 3.38. The summed E-state index contributed by atoms with van der Waals surface area (Å²) in [6.45, 7) is 13.7. The molecule has 3 aromatic heterocycles. The molecule has 0 aliphatic carbocycles. The number of rotatable bonds is 6. The molecule has 1 aliphatic heterocycles. The third-order valence-corrected chi connectivity index (χ3v) is 6.92. The van der Waals surface area contributed by atoms with Gasteiger partial charge in [-0.05, 0) is 47.3 Å². The van der Waals surface area contributed by atoms with Crippen LogP contribution in [-0.4, -0.2) is 37.3 Å². The largest absolute Gasteiger partial charge is 0.476 e. The second kappa shape index (κ2) is 9.76. The quantitative estimate of drug-likeness (QED) is 0.363. The smallest absolute Gasteiger partial charge is 0.330 e. The van der Waals surface area contributed by atoms with Gasteiger partial charge in [-0.2, -0.15) is 5.26 Å². The summed E-state index contributed by atoms with van der Waals surface area (Å²) in [6.07, 6.45) is 0. The number of aryl methyl sites for hydroxylation is 1.